The van der Waals surface area contributed by atoms with Crippen molar-refractivity contribution in [1.29, 1.82) is 0 Å². The first-order valence-electron chi connectivity index (χ1n) is 12.0. The van der Waals surface area contributed by atoms with E-state index >= 15 is 0 Å². The van der Waals surface area contributed by atoms with Gasteiger partial charge in [0.2, 0.25) is 0 Å². The lowest BCUT2D eigenvalue weighted by Crippen LogP contribution is -2.52. The summed E-state index contributed by atoms with van der Waals surface area (Å²) in [5, 5.41) is 3.95. The van der Waals surface area contributed by atoms with Gasteiger partial charge in [-0.2, -0.15) is 0 Å². The van der Waals surface area contributed by atoms with E-state index in [9.17, 15) is 9.59 Å². The second kappa shape index (κ2) is 9.82. The Morgan fingerprint density at radius 2 is 1.86 bits per heavy atom. The Morgan fingerprint density at radius 1 is 1.06 bits per heavy atom. The van der Waals surface area contributed by atoms with Crippen molar-refractivity contribution < 1.29 is 23.6 Å². The zero-order valence-electron chi connectivity index (χ0n) is 20.0. The Balaban J connectivity index is 1.36. The van der Waals surface area contributed by atoms with Gasteiger partial charge >= 0.3 is 0 Å². The van der Waals surface area contributed by atoms with Crippen molar-refractivity contribution in [1.82, 2.24) is 10.1 Å². The maximum absolute atomic E-state index is 13.7. The lowest BCUT2D eigenvalue weighted by Gasteiger charge is -2.37. The Bertz CT molecular complexity index is 1210. The van der Waals surface area contributed by atoms with Crippen LogP contribution >= 0.6 is 0 Å². The number of carbonyl (C=O) groups excluding carboxylic acids is 2. The first-order chi connectivity index (χ1) is 17.0. The van der Waals surface area contributed by atoms with Gasteiger partial charge in [0.05, 0.1) is 23.5 Å². The van der Waals surface area contributed by atoms with E-state index in [0.29, 0.717) is 35.1 Å². The third kappa shape index (κ3) is 4.73. The summed E-state index contributed by atoms with van der Waals surface area (Å²) in [5.41, 5.74) is 2.80. The average molecular weight is 476 g/mol. The summed E-state index contributed by atoms with van der Waals surface area (Å²) in [7, 11) is 0. The molecule has 1 aromatic heterocycles. The number of likely N-dealkylation sites (tertiary alicyclic amines) is 1. The highest BCUT2D eigenvalue weighted by Crippen LogP contribution is 2.35. The van der Waals surface area contributed by atoms with Gasteiger partial charge in [-0.15, -0.1) is 0 Å². The van der Waals surface area contributed by atoms with Crippen LogP contribution in [0.5, 0.6) is 11.5 Å². The van der Waals surface area contributed by atoms with Crippen LogP contribution in [0.3, 0.4) is 0 Å². The Morgan fingerprint density at radius 3 is 2.63 bits per heavy atom. The van der Waals surface area contributed by atoms with Gasteiger partial charge in [0.25, 0.3) is 11.8 Å². The van der Waals surface area contributed by atoms with E-state index < -0.39 is 6.10 Å². The number of para-hydroxylation sites is 2. The summed E-state index contributed by atoms with van der Waals surface area (Å²) >= 11 is 0. The molecule has 0 spiro atoms. The molecule has 8 heteroatoms. The van der Waals surface area contributed by atoms with Crippen molar-refractivity contribution in [3.8, 4) is 11.5 Å². The highest BCUT2D eigenvalue weighted by molar-refractivity contribution is 6.08. The zero-order chi connectivity index (χ0) is 24.4. The van der Waals surface area contributed by atoms with E-state index in [4.69, 9.17) is 14.0 Å². The highest BCUT2D eigenvalue weighted by atomic mass is 16.5. The number of piperidine rings is 1. The quantitative estimate of drug-likeness (QED) is 0.547. The number of aromatic nitrogens is 1. The fourth-order valence-corrected chi connectivity index (χ4v) is 4.61. The molecule has 1 fully saturated rings. The van der Waals surface area contributed by atoms with Crippen molar-refractivity contribution in [3.05, 3.63) is 71.1 Å². The Kier molecular flexibility index (Phi) is 6.44. The number of benzene rings is 2. The molecule has 3 aromatic rings. The van der Waals surface area contributed by atoms with Crippen LogP contribution in [0.15, 0.2) is 53.1 Å². The van der Waals surface area contributed by atoms with Crippen molar-refractivity contribution in [2.75, 3.05) is 24.5 Å². The van der Waals surface area contributed by atoms with Gasteiger partial charge in [-0.25, -0.2) is 0 Å². The molecule has 0 radical (unpaired) electrons. The van der Waals surface area contributed by atoms with E-state index in [1.165, 1.54) is 0 Å². The van der Waals surface area contributed by atoms with Crippen molar-refractivity contribution in [2.45, 2.75) is 45.8 Å². The fraction of sp³-hybridized carbons (Fsp3) is 0.370. The lowest BCUT2D eigenvalue weighted by molar-refractivity contribution is -0.139. The second-order valence-corrected chi connectivity index (χ2v) is 9.00. The smallest absolute Gasteiger partial charge is 0.265 e. The molecule has 0 N–H and O–H groups in total. The normalized spacial score (nSPS) is 17.5. The third-order valence-electron chi connectivity index (χ3n) is 6.61. The second-order valence-electron chi connectivity index (χ2n) is 9.00. The molecule has 2 aromatic carbocycles. The minimum Gasteiger partial charge on any atom is -0.489 e. The first-order valence-corrected chi connectivity index (χ1v) is 12.0. The van der Waals surface area contributed by atoms with Crippen LogP contribution in [0.4, 0.5) is 5.69 Å². The molecular weight excluding hydrogens is 446 g/mol. The summed E-state index contributed by atoms with van der Waals surface area (Å²) < 4.78 is 17.2. The van der Waals surface area contributed by atoms with Gasteiger partial charge in [0.1, 0.15) is 23.9 Å². The first kappa shape index (κ1) is 23.0. The van der Waals surface area contributed by atoms with Gasteiger partial charge in [-0.1, -0.05) is 23.4 Å². The van der Waals surface area contributed by atoms with Crippen LogP contribution in [-0.4, -0.2) is 47.6 Å². The third-order valence-corrected chi connectivity index (χ3v) is 6.61. The zero-order valence-corrected chi connectivity index (χ0v) is 20.0. The van der Waals surface area contributed by atoms with Crippen LogP contribution in [-0.2, 0) is 11.4 Å². The minimum atomic E-state index is -0.731. The van der Waals surface area contributed by atoms with E-state index in [2.05, 4.69) is 5.16 Å². The number of fused-ring (bicyclic) bond motifs is 1. The maximum atomic E-state index is 13.7. The minimum absolute atomic E-state index is 0.0615. The average Bonchev–Trinajstić information content (AvgIpc) is 3.23. The summed E-state index contributed by atoms with van der Waals surface area (Å²) in [6.07, 6.45) is 2.40. The Labute approximate surface area is 204 Å². The molecule has 0 aliphatic carbocycles. The number of hydrogen-bond acceptors (Lipinski definition) is 6. The number of nitrogens with zero attached hydrogens (tertiary/aromatic N) is 3. The monoisotopic (exact) mass is 475 g/mol. The van der Waals surface area contributed by atoms with Crippen molar-refractivity contribution >= 4 is 17.5 Å². The standard InChI is InChI=1S/C27H29N3O5/c1-18-22(19(2)35-28-18)17-33-21-10-8-9-20(15-21)26(31)30-16-25(27(32)29-13-6-3-7-14-29)34-24-12-5-4-11-23(24)30/h4-5,8-12,15,25H,3,6-7,13-14,16-17H2,1-2H3. The molecule has 2 aliphatic heterocycles. The van der Waals surface area contributed by atoms with Crippen LogP contribution < -0.4 is 14.4 Å². The van der Waals surface area contributed by atoms with Gasteiger partial charge in [-0.05, 0) is 63.4 Å². The molecule has 3 heterocycles. The number of rotatable bonds is 5. The number of ether oxygens (including phenoxy) is 2. The van der Waals surface area contributed by atoms with Crippen LogP contribution in [0.2, 0.25) is 0 Å². The highest BCUT2D eigenvalue weighted by Gasteiger charge is 2.36. The van der Waals surface area contributed by atoms with Crippen LogP contribution in [0.1, 0.15) is 46.6 Å². The molecule has 0 bridgehead atoms. The summed E-state index contributed by atoms with van der Waals surface area (Å²) in [4.78, 5) is 30.4. The largest absolute Gasteiger partial charge is 0.489 e. The number of anilines is 1. The summed E-state index contributed by atoms with van der Waals surface area (Å²) in [6, 6.07) is 14.4. The molecule has 5 rings (SSSR count). The predicted octanol–water partition coefficient (Wildman–Crippen LogP) is 4.29. The van der Waals surface area contributed by atoms with Gasteiger partial charge in [0.15, 0.2) is 6.10 Å². The number of hydrogen-bond donors (Lipinski definition) is 0. The van der Waals surface area contributed by atoms with Crippen LogP contribution in [0.25, 0.3) is 0 Å². The van der Waals surface area contributed by atoms with Gasteiger partial charge in [0, 0.05) is 18.7 Å². The summed E-state index contributed by atoms with van der Waals surface area (Å²) in [5.74, 6) is 1.55. The van der Waals surface area contributed by atoms with Gasteiger partial charge in [-0.3, -0.25) is 9.59 Å². The van der Waals surface area contributed by atoms with E-state index in [1.54, 1.807) is 29.2 Å². The van der Waals surface area contributed by atoms with Crippen molar-refractivity contribution in [3.63, 3.8) is 0 Å². The van der Waals surface area contributed by atoms with E-state index in [0.717, 1.165) is 43.6 Å². The van der Waals surface area contributed by atoms with Crippen molar-refractivity contribution in [2.24, 2.45) is 0 Å². The SMILES string of the molecule is Cc1noc(C)c1COc1cccc(C(=O)N2CC(C(=O)N3CCCCC3)Oc3ccccc32)c1. The molecular formula is C27H29N3O5. The molecule has 182 valence electrons. The fourth-order valence-electron chi connectivity index (χ4n) is 4.61. The lowest BCUT2D eigenvalue weighted by atomic mass is 10.1. The molecule has 2 aliphatic rings. The topological polar surface area (TPSA) is 85.1 Å². The molecule has 0 saturated carbocycles. The van der Waals surface area contributed by atoms with E-state index in [1.807, 2.05) is 43.0 Å². The molecule has 1 unspecified atom stereocenters. The predicted molar refractivity (Wildman–Crippen MR) is 130 cm³/mol. The number of aryl methyl sites for hydroxylation is 2. The van der Waals surface area contributed by atoms with E-state index in [-0.39, 0.29) is 18.4 Å². The number of carbonyl (C=O) groups is 2. The Hall–Kier alpha value is -3.81. The molecule has 35 heavy (non-hydrogen) atoms. The summed E-state index contributed by atoms with van der Waals surface area (Å²) in [6.45, 7) is 5.64. The molecule has 1 saturated heterocycles. The van der Waals surface area contributed by atoms with Crippen LogP contribution in [0, 0.1) is 13.8 Å². The number of amides is 2. The molecule has 2 amide bonds. The molecule has 1 atom stereocenters. The molecule has 8 nitrogen and oxygen atoms in total. The maximum Gasteiger partial charge on any atom is 0.265 e. The van der Waals surface area contributed by atoms with Gasteiger partial charge < -0.3 is 23.8 Å².